The fourth-order valence-corrected chi connectivity index (χ4v) is 4.00. The highest BCUT2D eigenvalue weighted by molar-refractivity contribution is 7.80. The molecule has 2 aromatic rings. The number of carbonyl (C=O) groups excluding carboxylic acids is 2. The van der Waals surface area contributed by atoms with E-state index in [4.69, 9.17) is 9.47 Å². The standard InChI is InChI=1S/C24H30N2O4S/c1-3-30-20-11-9-18(17-21(20)29-2)10-12-23(27)25-13-6-14-26(16-15-25)24(28)19-7-4-5-8-22(19)31/h4-5,7-9,11,17,31H,3,6,10,12-16H2,1-2H3. The summed E-state index contributed by atoms with van der Waals surface area (Å²) in [7, 11) is 1.61. The Balaban J connectivity index is 1.55. The van der Waals surface area contributed by atoms with E-state index in [1.807, 2.05) is 53.1 Å². The number of ether oxygens (including phenoxy) is 2. The lowest BCUT2D eigenvalue weighted by atomic mass is 10.1. The monoisotopic (exact) mass is 442 g/mol. The van der Waals surface area contributed by atoms with Crippen LogP contribution in [-0.4, -0.2) is 61.5 Å². The van der Waals surface area contributed by atoms with E-state index in [0.29, 0.717) is 67.6 Å². The van der Waals surface area contributed by atoms with Gasteiger partial charge < -0.3 is 19.3 Å². The van der Waals surface area contributed by atoms with Crippen LogP contribution in [0.15, 0.2) is 47.4 Å². The average molecular weight is 443 g/mol. The van der Waals surface area contributed by atoms with Crippen molar-refractivity contribution in [3.63, 3.8) is 0 Å². The van der Waals surface area contributed by atoms with Crippen LogP contribution in [0.5, 0.6) is 11.5 Å². The van der Waals surface area contributed by atoms with Gasteiger partial charge in [0.05, 0.1) is 19.3 Å². The van der Waals surface area contributed by atoms with Crippen LogP contribution >= 0.6 is 12.6 Å². The topological polar surface area (TPSA) is 59.1 Å². The lowest BCUT2D eigenvalue weighted by Gasteiger charge is -2.23. The molecular weight excluding hydrogens is 412 g/mol. The number of aryl methyl sites for hydroxylation is 1. The first-order chi connectivity index (χ1) is 15.0. The van der Waals surface area contributed by atoms with Gasteiger partial charge in [-0.25, -0.2) is 0 Å². The van der Waals surface area contributed by atoms with Crippen molar-refractivity contribution >= 4 is 24.4 Å². The number of benzene rings is 2. The molecule has 0 radical (unpaired) electrons. The first kappa shape index (κ1) is 23.0. The molecular formula is C24H30N2O4S. The van der Waals surface area contributed by atoms with Crippen molar-refractivity contribution < 1.29 is 19.1 Å². The van der Waals surface area contributed by atoms with E-state index in [1.165, 1.54) is 0 Å². The third-order valence-corrected chi connectivity index (χ3v) is 5.82. The summed E-state index contributed by atoms with van der Waals surface area (Å²) in [6, 6.07) is 13.1. The number of methoxy groups -OCH3 is 1. The highest BCUT2D eigenvalue weighted by atomic mass is 32.1. The van der Waals surface area contributed by atoms with Crippen molar-refractivity contribution in [3.05, 3.63) is 53.6 Å². The van der Waals surface area contributed by atoms with Gasteiger partial charge in [-0.3, -0.25) is 9.59 Å². The van der Waals surface area contributed by atoms with E-state index in [1.54, 1.807) is 13.2 Å². The van der Waals surface area contributed by atoms with Gasteiger partial charge in [0.2, 0.25) is 5.91 Å². The van der Waals surface area contributed by atoms with Crippen molar-refractivity contribution in [1.29, 1.82) is 0 Å². The van der Waals surface area contributed by atoms with E-state index in [-0.39, 0.29) is 11.8 Å². The Hall–Kier alpha value is -2.67. The molecule has 6 nitrogen and oxygen atoms in total. The lowest BCUT2D eigenvalue weighted by Crippen LogP contribution is -2.37. The molecule has 2 aromatic carbocycles. The van der Waals surface area contributed by atoms with Gasteiger partial charge in [-0.1, -0.05) is 18.2 Å². The van der Waals surface area contributed by atoms with Crippen LogP contribution in [0.3, 0.4) is 0 Å². The van der Waals surface area contributed by atoms with Crippen LogP contribution < -0.4 is 9.47 Å². The maximum atomic E-state index is 12.8. The van der Waals surface area contributed by atoms with Crippen LogP contribution in [-0.2, 0) is 11.2 Å². The normalized spacial score (nSPS) is 14.2. The highest BCUT2D eigenvalue weighted by Crippen LogP contribution is 2.28. The van der Waals surface area contributed by atoms with Crippen molar-refractivity contribution in [2.45, 2.75) is 31.1 Å². The van der Waals surface area contributed by atoms with Gasteiger partial charge in [0, 0.05) is 37.5 Å². The second-order valence-electron chi connectivity index (χ2n) is 7.46. The summed E-state index contributed by atoms with van der Waals surface area (Å²) in [6.45, 7) is 4.88. The zero-order valence-corrected chi connectivity index (χ0v) is 19.1. The first-order valence-electron chi connectivity index (χ1n) is 10.7. The minimum Gasteiger partial charge on any atom is -0.493 e. The molecule has 0 bridgehead atoms. The molecule has 0 unspecified atom stereocenters. The van der Waals surface area contributed by atoms with Crippen LogP contribution in [0, 0.1) is 0 Å². The van der Waals surface area contributed by atoms with Gasteiger partial charge in [-0.05, 0) is 49.6 Å². The predicted molar refractivity (Wildman–Crippen MR) is 123 cm³/mol. The minimum atomic E-state index is -0.0265. The van der Waals surface area contributed by atoms with Crippen LogP contribution in [0.1, 0.15) is 35.7 Å². The molecule has 1 saturated heterocycles. The molecule has 1 heterocycles. The Morgan fingerprint density at radius 3 is 2.48 bits per heavy atom. The van der Waals surface area contributed by atoms with Crippen molar-refractivity contribution in [1.82, 2.24) is 9.80 Å². The number of carbonyl (C=O) groups is 2. The van der Waals surface area contributed by atoms with Crippen LogP contribution in [0.25, 0.3) is 0 Å². The Kier molecular flexibility index (Phi) is 8.23. The van der Waals surface area contributed by atoms with Crippen molar-refractivity contribution in [2.75, 3.05) is 39.9 Å². The maximum absolute atomic E-state index is 12.8. The van der Waals surface area contributed by atoms with E-state index in [0.717, 1.165) is 12.0 Å². The summed E-state index contributed by atoms with van der Waals surface area (Å²) in [4.78, 5) is 30.0. The summed E-state index contributed by atoms with van der Waals surface area (Å²) in [5, 5.41) is 0. The Bertz CT molecular complexity index is 918. The molecule has 3 rings (SSSR count). The molecule has 1 aliphatic rings. The number of rotatable bonds is 7. The van der Waals surface area contributed by atoms with Crippen LogP contribution in [0.2, 0.25) is 0 Å². The molecule has 0 aromatic heterocycles. The number of hydrogen-bond acceptors (Lipinski definition) is 5. The molecule has 1 aliphatic heterocycles. The summed E-state index contributed by atoms with van der Waals surface area (Å²) in [5.41, 5.74) is 1.64. The number of thiol groups is 1. The minimum absolute atomic E-state index is 0.0265. The van der Waals surface area contributed by atoms with Gasteiger partial charge in [0.25, 0.3) is 5.91 Å². The number of amides is 2. The average Bonchev–Trinajstić information content (AvgIpc) is 3.04. The van der Waals surface area contributed by atoms with Gasteiger partial charge in [-0.2, -0.15) is 0 Å². The molecule has 7 heteroatoms. The number of hydrogen-bond donors (Lipinski definition) is 1. The summed E-state index contributed by atoms with van der Waals surface area (Å²) in [5.74, 6) is 1.47. The smallest absolute Gasteiger partial charge is 0.255 e. The third-order valence-electron chi connectivity index (χ3n) is 5.43. The molecule has 31 heavy (non-hydrogen) atoms. The Morgan fingerprint density at radius 2 is 1.74 bits per heavy atom. The van der Waals surface area contributed by atoms with Gasteiger partial charge in [0.15, 0.2) is 11.5 Å². The lowest BCUT2D eigenvalue weighted by molar-refractivity contribution is -0.131. The molecule has 0 saturated carbocycles. The quantitative estimate of drug-likeness (QED) is 0.665. The molecule has 166 valence electrons. The van der Waals surface area contributed by atoms with E-state index in [2.05, 4.69) is 12.6 Å². The number of nitrogens with zero attached hydrogens (tertiary/aromatic N) is 2. The SMILES string of the molecule is CCOc1ccc(CCC(=O)N2CCCN(C(=O)c3ccccc3S)CC2)cc1OC. The molecule has 2 amide bonds. The largest absolute Gasteiger partial charge is 0.493 e. The molecule has 0 atom stereocenters. The maximum Gasteiger partial charge on any atom is 0.255 e. The Morgan fingerprint density at radius 1 is 1.00 bits per heavy atom. The first-order valence-corrected chi connectivity index (χ1v) is 11.1. The summed E-state index contributed by atoms with van der Waals surface area (Å²) < 4.78 is 10.9. The zero-order valence-electron chi connectivity index (χ0n) is 18.2. The molecule has 0 aliphatic carbocycles. The summed E-state index contributed by atoms with van der Waals surface area (Å²) >= 11 is 4.40. The molecule has 0 N–H and O–H groups in total. The highest BCUT2D eigenvalue weighted by Gasteiger charge is 2.23. The zero-order chi connectivity index (χ0) is 22.2. The van der Waals surface area contributed by atoms with Gasteiger partial charge in [-0.15, -0.1) is 12.6 Å². The van der Waals surface area contributed by atoms with Crippen LogP contribution in [0.4, 0.5) is 0 Å². The van der Waals surface area contributed by atoms with E-state index >= 15 is 0 Å². The van der Waals surface area contributed by atoms with Crippen molar-refractivity contribution in [2.24, 2.45) is 0 Å². The predicted octanol–water partition coefficient (Wildman–Crippen LogP) is 3.69. The third kappa shape index (κ3) is 5.94. The summed E-state index contributed by atoms with van der Waals surface area (Å²) in [6.07, 6.45) is 1.82. The fraction of sp³-hybridized carbons (Fsp3) is 0.417. The van der Waals surface area contributed by atoms with Crippen molar-refractivity contribution in [3.8, 4) is 11.5 Å². The van der Waals surface area contributed by atoms with Gasteiger partial charge >= 0.3 is 0 Å². The molecule has 0 spiro atoms. The second kappa shape index (κ2) is 11.1. The molecule has 1 fully saturated rings. The van der Waals surface area contributed by atoms with Gasteiger partial charge in [0.1, 0.15) is 0 Å². The van der Waals surface area contributed by atoms with E-state index < -0.39 is 0 Å². The Labute approximate surface area is 189 Å². The van der Waals surface area contributed by atoms with E-state index in [9.17, 15) is 9.59 Å². The fourth-order valence-electron chi connectivity index (χ4n) is 3.75. The second-order valence-corrected chi connectivity index (χ2v) is 7.94.